The highest BCUT2D eigenvalue weighted by molar-refractivity contribution is 7.98. The molecule has 7 nitrogen and oxygen atoms in total. The molecule has 0 aliphatic carbocycles. The minimum Gasteiger partial charge on any atom is -0.317 e. The van der Waals surface area contributed by atoms with Gasteiger partial charge in [0.15, 0.2) is 0 Å². The Morgan fingerprint density at radius 2 is 1.82 bits per heavy atom. The number of para-hydroxylation sites is 1. The Labute approximate surface area is 202 Å². The zero-order valence-corrected chi connectivity index (χ0v) is 19.0. The number of hydrogen-bond acceptors (Lipinski definition) is 5. The van der Waals surface area contributed by atoms with Crippen LogP contribution >= 0.6 is 23.4 Å². The summed E-state index contributed by atoms with van der Waals surface area (Å²) >= 11 is 7.46. The Bertz CT molecular complexity index is 1560. The van der Waals surface area contributed by atoms with E-state index in [0.29, 0.717) is 33.1 Å². The van der Waals surface area contributed by atoms with E-state index >= 15 is 0 Å². The molecule has 34 heavy (non-hydrogen) atoms. The lowest BCUT2D eigenvalue weighted by Crippen LogP contribution is -2.71. The molecule has 0 saturated carbocycles. The number of aromatic nitrogens is 3. The van der Waals surface area contributed by atoms with Crippen molar-refractivity contribution in [1.29, 1.82) is 0 Å². The van der Waals surface area contributed by atoms with E-state index in [1.165, 1.54) is 22.5 Å². The molecule has 1 amide bonds. The lowest BCUT2D eigenvalue weighted by Gasteiger charge is -2.28. The molecule has 0 radical (unpaired) electrons. The number of carbonyl (C=O) groups is 1. The van der Waals surface area contributed by atoms with Gasteiger partial charge in [0, 0.05) is 15.9 Å². The first-order valence-corrected chi connectivity index (χ1v) is 11.8. The number of rotatable bonds is 3. The summed E-state index contributed by atoms with van der Waals surface area (Å²) in [4.78, 5) is 29.6. The van der Waals surface area contributed by atoms with Gasteiger partial charge in [-0.15, -0.1) is 0 Å². The lowest BCUT2D eigenvalue weighted by molar-refractivity contribution is -0.781. The molecule has 168 valence electrons. The van der Waals surface area contributed by atoms with Crippen molar-refractivity contribution in [3.8, 4) is 11.3 Å². The number of carbonyl (C=O) groups excluding carboxylic acids is 1. The summed E-state index contributed by atoms with van der Waals surface area (Å²) < 4.78 is 15.5. The van der Waals surface area contributed by atoms with E-state index in [-0.39, 0.29) is 22.4 Å². The summed E-state index contributed by atoms with van der Waals surface area (Å²) in [6.45, 7) is 0. The maximum absolute atomic E-state index is 14.1. The number of aromatic amines is 1. The first-order chi connectivity index (χ1) is 16.5. The van der Waals surface area contributed by atoms with Gasteiger partial charge in [-0.25, -0.2) is 4.39 Å². The van der Waals surface area contributed by atoms with Crippen LogP contribution in [0.3, 0.4) is 0 Å². The molecule has 2 aliphatic heterocycles. The monoisotopic (exact) mass is 492 g/mol. The highest BCUT2D eigenvalue weighted by Gasteiger charge is 2.62. The molecule has 0 bridgehead atoms. The number of nitrogens with zero attached hydrogens (tertiary/aromatic N) is 2. The van der Waals surface area contributed by atoms with Crippen molar-refractivity contribution in [2.45, 2.75) is 16.6 Å². The van der Waals surface area contributed by atoms with Gasteiger partial charge in [0.25, 0.3) is 0 Å². The minimum atomic E-state index is -1.52. The van der Waals surface area contributed by atoms with E-state index in [9.17, 15) is 14.0 Å². The Kier molecular flexibility index (Phi) is 4.72. The SMILES string of the molecule is O=C1Nc2ccc(Cl)cc2[C@@]12Nc1ccccc1-c1c(=O)[nH]c(SCc3ccccc3F)n[n+]12. The summed E-state index contributed by atoms with van der Waals surface area (Å²) in [5, 5.41) is 11.5. The second kappa shape index (κ2) is 7.68. The van der Waals surface area contributed by atoms with Crippen LogP contribution in [0.2, 0.25) is 5.02 Å². The van der Waals surface area contributed by atoms with Crippen LogP contribution in [0.5, 0.6) is 0 Å². The molecule has 1 aromatic heterocycles. The van der Waals surface area contributed by atoms with E-state index < -0.39 is 17.1 Å². The normalized spacial score (nSPS) is 17.5. The van der Waals surface area contributed by atoms with Gasteiger partial charge in [0.2, 0.25) is 5.16 Å². The lowest BCUT2D eigenvalue weighted by atomic mass is 9.95. The van der Waals surface area contributed by atoms with Crippen LogP contribution in [-0.2, 0) is 16.2 Å². The molecule has 3 N–H and O–H groups in total. The highest BCUT2D eigenvalue weighted by Crippen LogP contribution is 2.42. The van der Waals surface area contributed by atoms with Crippen molar-refractivity contribution < 1.29 is 13.9 Å². The van der Waals surface area contributed by atoms with Gasteiger partial charge < -0.3 is 10.6 Å². The predicted molar refractivity (Wildman–Crippen MR) is 127 cm³/mol. The number of H-pyrrole nitrogens is 1. The van der Waals surface area contributed by atoms with Gasteiger partial charge in [-0.2, -0.15) is 0 Å². The van der Waals surface area contributed by atoms with E-state index in [0.717, 1.165) is 0 Å². The van der Waals surface area contributed by atoms with E-state index in [1.54, 1.807) is 48.5 Å². The van der Waals surface area contributed by atoms with Gasteiger partial charge in [-0.3, -0.25) is 14.6 Å². The molecule has 1 atom stereocenters. The molecular weight excluding hydrogens is 477 g/mol. The Hall–Kier alpha value is -3.69. The van der Waals surface area contributed by atoms with Crippen LogP contribution in [0.1, 0.15) is 11.1 Å². The average Bonchev–Trinajstić information content (AvgIpc) is 3.10. The van der Waals surface area contributed by atoms with E-state index in [4.69, 9.17) is 11.6 Å². The number of halogens is 2. The Morgan fingerprint density at radius 1 is 1.03 bits per heavy atom. The van der Waals surface area contributed by atoms with Gasteiger partial charge >= 0.3 is 22.8 Å². The third kappa shape index (κ3) is 3.04. The maximum Gasteiger partial charge on any atom is 0.374 e. The number of amides is 1. The summed E-state index contributed by atoms with van der Waals surface area (Å²) in [5.74, 6) is -0.483. The summed E-state index contributed by atoms with van der Waals surface area (Å²) in [5.41, 5.74) is 1.12. The van der Waals surface area contributed by atoms with Gasteiger partial charge in [0.1, 0.15) is 5.82 Å². The first kappa shape index (κ1) is 20.9. The maximum atomic E-state index is 14.1. The van der Waals surface area contributed by atoms with Gasteiger partial charge in [0.05, 0.1) is 22.5 Å². The molecule has 10 heteroatoms. The number of thioether (sulfide) groups is 1. The standard InChI is InChI=1S/C24H15ClFN5O2S/c25-14-9-10-19-16(11-14)24(22(33)27-19)29-18-8-4-2-6-15(18)20-21(32)28-23(30-31(20)24)34-12-13-5-1-3-7-17(13)26/h1-11H,12H2,(H2,27,28,30,32,33)/p+1/t24-/m0/s1. The van der Waals surface area contributed by atoms with Crippen molar-refractivity contribution in [2.24, 2.45) is 0 Å². The predicted octanol–water partition coefficient (Wildman–Crippen LogP) is 3.89. The second-order valence-corrected chi connectivity index (χ2v) is 9.33. The molecule has 6 rings (SSSR count). The third-order valence-corrected chi connectivity index (χ3v) is 7.07. The van der Waals surface area contributed by atoms with Crippen molar-refractivity contribution in [1.82, 2.24) is 10.1 Å². The smallest absolute Gasteiger partial charge is 0.317 e. The fourth-order valence-corrected chi connectivity index (χ4v) is 5.37. The highest BCUT2D eigenvalue weighted by atomic mass is 35.5. The number of fused-ring (bicyclic) bond motifs is 6. The van der Waals surface area contributed by atoms with Crippen LogP contribution in [0, 0.1) is 5.82 Å². The molecule has 3 aromatic carbocycles. The van der Waals surface area contributed by atoms with Crippen molar-refractivity contribution in [2.75, 3.05) is 10.6 Å². The van der Waals surface area contributed by atoms with Gasteiger partial charge in [-0.05, 0) is 46.6 Å². The molecule has 3 heterocycles. The quantitative estimate of drug-likeness (QED) is 0.298. The van der Waals surface area contributed by atoms with Crippen LogP contribution in [0.25, 0.3) is 11.3 Å². The second-order valence-electron chi connectivity index (χ2n) is 7.92. The molecule has 4 aromatic rings. The Balaban J connectivity index is 1.56. The van der Waals surface area contributed by atoms with Crippen LogP contribution in [0.4, 0.5) is 15.8 Å². The third-order valence-electron chi connectivity index (χ3n) is 5.92. The topological polar surface area (TPSA) is 90.8 Å². The molecule has 0 saturated heterocycles. The number of benzene rings is 3. The average molecular weight is 493 g/mol. The van der Waals surface area contributed by atoms with Crippen LogP contribution < -0.4 is 20.9 Å². The number of hydrogen-bond donors (Lipinski definition) is 3. The molecule has 2 aliphatic rings. The largest absolute Gasteiger partial charge is 0.374 e. The van der Waals surface area contributed by atoms with E-state index in [1.807, 2.05) is 12.1 Å². The fourth-order valence-electron chi connectivity index (χ4n) is 4.36. The number of anilines is 2. The van der Waals surface area contributed by atoms with Crippen molar-refractivity contribution in [3.05, 3.63) is 99.1 Å². The zero-order valence-electron chi connectivity index (χ0n) is 17.4. The van der Waals surface area contributed by atoms with Crippen molar-refractivity contribution in [3.63, 3.8) is 0 Å². The number of nitrogens with one attached hydrogen (secondary N) is 3. The fraction of sp³-hybridized carbons (Fsp3) is 0.0833. The van der Waals surface area contributed by atoms with Crippen LogP contribution in [-0.4, -0.2) is 16.0 Å². The first-order valence-electron chi connectivity index (χ1n) is 10.4. The summed E-state index contributed by atoms with van der Waals surface area (Å²) in [7, 11) is 0. The molecule has 0 unspecified atom stereocenters. The van der Waals surface area contributed by atoms with Gasteiger partial charge in [-0.1, -0.05) is 53.7 Å². The minimum absolute atomic E-state index is 0.229. The summed E-state index contributed by atoms with van der Waals surface area (Å²) in [6.07, 6.45) is 0. The van der Waals surface area contributed by atoms with E-state index in [2.05, 4.69) is 20.7 Å². The molecule has 1 spiro atoms. The Morgan fingerprint density at radius 3 is 2.68 bits per heavy atom. The zero-order chi connectivity index (χ0) is 23.4. The molecular formula is C24H16ClFN5O2S+. The summed E-state index contributed by atoms with van der Waals surface area (Å²) in [6, 6.07) is 18.7. The van der Waals surface area contributed by atoms with Crippen LogP contribution in [0.15, 0.2) is 76.7 Å². The van der Waals surface area contributed by atoms with Crippen molar-refractivity contribution >= 4 is 40.6 Å². The molecule has 0 fully saturated rings.